The van der Waals surface area contributed by atoms with Crippen LogP contribution in [0.4, 0.5) is 0 Å². The Morgan fingerprint density at radius 1 is 1.13 bits per heavy atom. The van der Waals surface area contributed by atoms with Gasteiger partial charge in [-0.1, -0.05) is 23.7 Å². The molecular formula is C24H27ClN2O4. The van der Waals surface area contributed by atoms with Gasteiger partial charge in [0.05, 0.1) is 12.5 Å². The van der Waals surface area contributed by atoms with Gasteiger partial charge >= 0.3 is 0 Å². The summed E-state index contributed by atoms with van der Waals surface area (Å²) in [5.74, 6) is 1.24. The number of ether oxygens (including phenoxy) is 2. The lowest BCUT2D eigenvalue weighted by molar-refractivity contribution is -0.138. The largest absolute Gasteiger partial charge is 0.486 e. The maximum absolute atomic E-state index is 13.3. The minimum absolute atomic E-state index is 0.0576. The summed E-state index contributed by atoms with van der Waals surface area (Å²) in [5.41, 5.74) is 0.594. The fourth-order valence-electron chi connectivity index (χ4n) is 4.17. The quantitative estimate of drug-likeness (QED) is 0.705. The summed E-state index contributed by atoms with van der Waals surface area (Å²) in [5, 5.41) is 0.596. The smallest absolute Gasteiger partial charge is 0.253 e. The molecule has 31 heavy (non-hydrogen) atoms. The van der Waals surface area contributed by atoms with Crippen LogP contribution in [-0.2, 0) is 4.79 Å². The summed E-state index contributed by atoms with van der Waals surface area (Å²) in [4.78, 5) is 29.7. The molecule has 2 aromatic carbocycles. The zero-order chi connectivity index (χ0) is 21.8. The molecule has 4 rings (SSSR count). The third kappa shape index (κ3) is 4.96. The second-order valence-corrected chi connectivity index (χ2v) is 8.41. The Bertz CT molecular complexity index is 933. The number of nitrogens with zero attached hydrogens (tertiary/aromatic N) is 2. The monoisotopic (exact) mass is 442 g/mol. The van der Waals surface area contributed by atoms with Gasteiger partial charge in [0, 0.05) is 30.2 Å². The van der Waals surface area contributed by atoms with E-state index < -0.39 is 0 Å². The van der Waals surface area contributed by atoms with E-state index in [1.54, 1.807) is 29.2 Å². The Kier molecular flexibility index (Phi) is 6.66. The molecule has 0 saturated carbocycles. The molecule has 7 heteroatoms. The molecule has 2 aromatic rings. The standard InChI is InChI=1S/C24H27ClN2O4/c1-2-26(15-20-16-30-21-7-3-4-8-22(21)31-20)24(29)18-6-5-13-27(14-18)23(28)17-9-11-19(25)12-10-17/h3-4,7-12,18,20H,2,5-6,13-16H2,1H3. The summed E-state index contributed by atoms with van der Waals surface area (Å²) in [6.07, 6.45) is 1.38. The molecule has 2 aliphatic heterocycles. The van der Waals surface area contributed by atoms with Crippen LogP contribution in [0.15, 0.2) is 48.5 Å². The average molecular weight is 443 g/mol. The van der Waals surface area contributed by atoms with Crippen molar-refractivity contribution >= 4 is 23.4 Å². The zero-order valence-electron chi connectivity index (χ0n) is 17.6. The van der Waals surface area contributed by atoms with Crippen molar-refractivity contribution in [2.24, 2.45) is 5.92 Å². The first kappa shape index (κ1) is 21.5. The number of para-hydroxylation sites is 2. The first-order valence-electron chi connectivity index (χ1n) is 10.8. The molecule has 6 nitrogen and oxygen atoms in total. The van der Waals surface area contributed by atoms with E-state index in [0.29, 0.717) is 49.1 Å². The number of rotatable bonds is 5. The summed E-state index contributed by atoms with van der Waals surface area (Å²) >= 11 is 5.93. The van der Waals surface area contributed by atoms with Crippen molar-refractivity contribution in [2.45, 2.75) is 25.9 Å². The Morgan fingerprint density at radius 2 is 1.87 bits per heavy atom. The first-order valence-corrected chi connectivity index (χ1v) is 11.1. The number of likely N-dealkylation sites (tertiary alicyclic amines) is 1. The van der Waals surface area contributed by atoms with Crippen molar-refractivity contribution in [1.82, 2.24) is 9.80 Å². The van der Waals surface area contributed by atoms with Gasteiger partial charge < -0.3 is 19.3 Å². The van der Waals surface area contributed by atoms with E-state index in [-0.39, 0.29) is 23.8 Å². The number of fused-ring (bicyclic) bond motifs is 1. The lowest BCUT2D eigenvalue weighted by Gasteiger charge is -2.36. The second kappa shape index (κ2) is 9.60. The van der Waals surface area contributed by atoms with E-state index in [2.05, 4.69) is 0 Å². The lowest BCUT2D eigenvalue weighted by atomic mass is 9.95. The third-order valence-electron chi connectivity index (χ3n) is 5.83. The van der Waals surface area contributed by atoms with Crippen molar-refractivity contribution in [3.05, 3.63) is 59.1 Å². The van der Waals surface area contributed by atoms with Crippen LogP contribution in [0.3, 0.4) is 0 Å². The zero-order valence-corrected chi connectivity index (χ0v) is 18.4. The summed E-state index contributed by atoms with van der Waals surface area (Å²) in [6.45, 7) is 4.52. The van der Waals surface area contributed by atoms with Gasteiger partial charge in [0.15, 0.2) is 17.6 Å². The Morgan fingerprint density at radius 3 is 2.61 bits per heavy atom. The molecule has 2 amide bonds. The average Bonchev–Trinajstić information content (AvgIpc) is 2.82. The molecule has 0 N–H and O–H groups in total. The highest BCUT2D eigenvalue weighted by molar-refractivity contribution is 6.30. The summed E-state index contributed by atoms with van der Waals surface area (Å²) in [6, 6.07) is 14.4. The number of benzene rings is 2. The highest BCUT2D eigenvalue weighted by Crippen LogP contribution is 2.31. The van der Waals surface area contributed by atoms with Gasteiger partial charge in [-0.2, -0.15) is 0 Å². The molecule has 2 unspecified atom stereocenters. The van der Waals surface area contributed by atoms with Crippen LogP contribution in [0.1, 0.15) is 30.1 Å². The fraction of sp³-hybridized carbons (Fsp3) is 0.417. The molecule has 1 fully saturated rings. The summed E-state index contributed by atoms with van der Waals surface area (Å²) < 4.78 is 11.8. The van der Waals surface area contributed by atoms with Crippen LogP contribution in [0.5, 0.6) is 11.5 Å². The van der Waals surface area contributed by atoms with Crippen LogP contribution in [0.25, 0.3) is 0 Å². The Labute approximate surface area is 187 Å². The van der Waals surface area contributed by atoms with Gasteiger partial charge in [-0.3, -0.25) is 9.59 Å². The van der Waals surface area contributed by atoms with Crippen molar-refractivity contribution < 1.29 is 19.1 Å². The van der Waals surface area contributed by atoms with E-state index in [9.17, 15) is 9.59 Å². The van der Waals surface area contributed by atoms with E-state index >= 15 is 0 Å². The fourth-order valence-corrected chi connectivity index (χ4v) is 4.30. The topological polar surface area (TPSA) is 59.1 Å². The maximum atomic E-state index is 13.3. The van der Waals surface area contributed by atoms with Crippen LogP contribution in [-0.4, -0.2) is 60.5 Å². The van der Waals surface area contributed by atoms with Crippen LogP contribution >= 0.6 is 11.6 Å². The molecule has 0 spiro atoms. The van der Waals surface area contributed by atoms with Crippen LogP contribution in [0.2, 0.25) is 5.02 Å². The molecule has 2 atom stereocenters. The van der Waals surface area contributed by atoms with E-state index in [4.69, 9.17) is 21.1 Å². The van der Waals surface area contributed by atoms with Gasteiger partial charge in [0.1, 0.15) is 6.61 Å². The number of halogens is 1. The molecule has 2 heterocycles. The predicted molar refractivity (Wildman–Crippen MR) is 119 cm³/mol. The minimum atomic E-state index is -0.214. The van der Waals surface area contributed by atoms with E-state index in [1.807, 2.05) is 36.1 Å². The number of likely N-dealkylation sites (N-methyl/N-ethyl adjacent to an activating group) is 1. The summed E-state index contributed by atoms with van der Waals surface area (Å²) in [7, 11) is 0. The molecule has 0 radical (unpaired) electrons. The highest BCUT2D eigenvalue weighted by Gasteiger charge is 2.33. The number of amides is 2. The Hall–Kier alpha value is -2.73. The first-order chi connectivity index (χ1) is 15.0. The van der Waals surface area contributed by atoms with Crippen molar-refractivity contribution in [3.63, 3.8) is 0 Å². The minimum Gasteiger partial charge on any atom is -0.486 e. The Balaban J connectivity index is 1.38. The van der Waals surface area contributed by atoms with Gasteiger partial charge in [-0.05, 0) is 56.2 Å². The number of piperidine rings is 1. The SMILES string of the molecule is CCN(CC1COc2ccccc2O1)C(=O)C1CCCN(C(=O)c2ccc(Cl)cc2)C1. The second-order valence-electron chi connectivity index (χ2n) is 7.97. The van der Waals surface area contributed by atoms with Crippen molar-refractivity contribution in [1.29, 1.82) is 0 Å². The maximum Gasteiger partial charge on any atom is 0.253 e. The lowest BCUT2D eigenvalue weighted by Crippen LogP contribution is -2.50. The third-order valence-corrected chi connectivity index (χ3v) is 6.09. The molecule has 0 aliphatic carbocycles. The van der Waals surface area contributed by atoms with Gasteiger partial charge in [-0.15, -0.1) is 0 Å². The van der Waals surface area contributed by atoms with Gasteiger partial charge in [0.25, 0.3) is 5.91 Å². The van der Waals surface area contributed by atoms with Crippen molar-refractivity contribution in [3.8, 4) is 11.5 Å². The van der Waals surface area contributed by atoms with Crippen LogP contribution in [0, 0.1) is 5.92 Å². The molecule has 2 aliphatic rings. The molecular weight excluding hydrogens is 416 g/mol. The number of hydrogen-bond donors (Lipinski definition) is 0. The van der Waals surface area contributed by atoms with Crippen LogP contribution < -0.4 is 9.47 Å². The van der Waals surface area contributed by atoms with Gasteiger partial charge in [0.2, 0.25) is 5.91 Å². The number of carbonyl (C=O) groups is 2. The molecule has 0 bridgehead atoms. The highest BCUT2D eigenvalue weighted by atomic mass is 35.5. The normalized spacial score (nSPS) is 20.3. The van der Waals surface area contributed by atoms with E-state index in [1.165, 1.54) is 0 Å². The molecule has 1 saturated heterocycles. The number of carbonyl (C=O) groups excluding carboxylic acids is 2. The molecule has 164 valence electrons. The van der Waals surface area contributed by atoms with E-state index in [0.717, 1.165) is 18.6 Å². The predicted octanol–water partition coefficient (Wildman–Crippen LogP) is 3.88. The van der Waals surface area contributed by atoms with Crippen molar-refractivity contribution in [2.75, 3.05) is 32.8 Å². The van der Waals surface area contributed by atoms with Gasteiger partial charge in [-0.25, -0.2) is 0 Å². The number of hydrogen-bond acceptors (Lipinski definition) is 4. The molecule has 0 aromatic heterocycles.